The molecule has 0 unspecified atom stereocenters. The number of hydrogen-bond acceptors (Lipinski definition) is 6. The highest BCUT2D eigenvalue weighted by Crippen LogP contribution is 2.20. The number of nitrogens with one attached hydrogen (secondary N) is 1. The number of hydrogen-bond donors (Lipinski definition) is 1. The van der Waals surface area contributed by atoms with Crippen molar-refractivity contribution >= 4 is 22.6 Å². The fourth-order valence-electron chi connectivity index (χ4n) is 3.52. The van der Waals surface area contributed by atoms with E-state index in [4.69, 9.17) is 4.74 Å². The number of fused-ring (bicyclic) bond motifs is 1. The summed E-state index contributed by atoms with van der Waals surface area (Å²) < 4.78 is 7.29. The lowest BCUT2D eigenvalue weighted by Crippen LogP contribution is -2.42. The number of methoxy groups -OCH3 is 1. The molecule has 0 saturated carbocycles. The summed E-state index contributed by atoms with van der Waals surface area (Å²) in [6.07, 6.45) is 2.20. The molecule has 0 aliphatic heterocycles. The van der Waals surface area contributed by atoms with E-state index in [2.05, 4.69) is 15.3 Å². The highest BCUT2D eigenvalue weighted by molar-refractivity contribution is 5.90. The fraction of sp³-hybridized carbons (Fsp3) is 0.208. The van der Waals surface area contributed by atoms with Crippen LogP contribution in [0.1, 0.15) is 12.5 Å². The second-order valence-corrected chi connectivity index (χ2v) is 7.49. The zero-order valence-electron chi connectivity index (χ0n) is 18.5. The predicted molar refractivity (Wildman–Crippen MR) is 125 cm³/mol. The first-order chi connectivity index (χ1) is 15.9. The molecular weight excluding hydrogens is 422 g/mol. The van der Waals surface area contributed by atoms with E-state index in [9.17, 15) is 14.4 Å². The van der Waals surface area contributed by atoms with E-state index in [0.717, 1.165) is 16.6 Å². The van der Waals surface area contributed by atoms with Crippen LogP contribution in [0, 0.1) is 0 Å². The van der Waals surface area contributed by atoms with Gasteiger partial charge in [-0.2, -0.15) is 0 Å². The Bertz CT molecular complexity index is 1450. The van der Waals surface area contributed by atoms with E-state index in [1.54, 1.807) is 37.4 Å². The van der Waals surface area contributed by atoms with Gasteiger partial charge in [0.15, 0.2) is 11.5 Å². The number of nitrogens with zero attached hydrogens (tertiary/aromatic N) is 4. The predicted octanol–water partition coefficient (Wildman–Crippen LogP) is 2.37. The van der Waals surface area contributed by atoms with Crippen molar-refractivity contribution in [1.29, 1.82) is 0 Å². The molecule has 4 rings (SSSR count). The third-order valence-electron chi connectivity index (χ3n) is 5.35. The van der Waals surface area contributed by atoms with Crippen molar-refractivity contribution in [2.24, 2.45) is 7.05 Å². The number of aryl methyl sites for hydroxylation is 2. The van der Waals surface area contributed by atoms with Gasteiger partial charge in [-0.1, -0.05) is 19.1 Å². The molecule has 2 aromatic carbocycles. The van der Waals surface area contributed by atoms with E-state index >= 15 is 0 Å². The highest BCUT2D eigenvalue weighted by Gasteiger charge is 2.16. The third kappa shape index (κ3) is 4.38. The average molecular weight is 445 g/mol. The van der Waals surface area contributed by atoms with Gasteiger partial charge in [-0.15, -0.1) is 0 Å². The van der Waals surface area contributed by atoms with Gasteiger partial charge < -0.3 is 10.1 Å². The second kappa shape index (κ2) is 9.07. The first-order valence-electron chi connectivity index (χ1n) is 10.4. The Morgan fingerprint density at radius 3 is 2.58 bits per heavy atom. The Kier molecular flexibility index (Phi) is 6.03. The number of carbonyl (C=O) groups is 1. The molecule has 0 aliphatic rings. The van der Waals surface area contributed by atoms with Gasteiger partial charge in [0.25, 0.3) is 5.56 Å². The van der Waals surface area contributed by atoms with Crippen LogP contribution in [0.5, 0.6) is 5.75 Å². The van der Waals surface area contributed by atoms with E-state index in [0.29, 0.717) is 22.8 Å². The fourth-order valence-corrected chi connectivity index (χ4v) is 3.52. The van der Waals surface area contributed by atoms with Crippen molar-refractivity contribution in [2.75, 3.05) is 12.4 Å². The summed E-state index contributed by atoms with van der Waals surface area (Å²) in [5, 5.41) is 2.89. The zero-order chi connectivity index (χ0) is 23.5. The Labute approximate surface area is 189 Å². The summed E-state index contributed by atoms with van der Waals surface area (Å²) in [5.41, 5.74) is 1.33. The number of anilines is 1. The molecule has 168 valence electrons. The topological polar surface area (TPSA) is 108 Å². The van der Waals surface area contributed by atoms with Gasteiger partial charge in [0.2, 0.25) is 5.91 Å². The molecule has 0 radical (unpaired) electrons. The number of benzene rings is 2. The molecule has 0 atom stereocenters. The minimum atomic E-state index is -0.635. The average Bonchev–Trinajstić information content (AvgIpc) is 2.85. The Morgan fingerprint density at radius 1 is 1.12 bits per heavy atom. The Balaban J connectivity index is 1.67. The van der Waals surface area contributed by atoms with E-state index < -0.39 is 23.7 Å². The van der Waals surface area contributed by atoms with Crippen molar-refractivity contribution in [3.63, 3.8) is 0 Å². The second-order valence-electron chi connectivity index (χ2n) is 7.49. The highest BCUT2D eigenvalue weighted by atomic mass is 16.5. The van der Waals surface area contributed by atoms with Gasteiger partial charge in [-0.05, 0) is 48.4 Å². The molecule has 1 N–H and O–H groups in total. The Morgan fingerprint density at radius 2 is 1.88 bits per heavy atom. The first kappa shape index (κ1) is 21.9. The molecule has 2 heterocycles. The molecule has 0 bridgehead atoms. The third-order valence-corrected chi connectivity index (χ3v) is 5.35. The maximum Gasteiger partial charge on any atom is 0.332 e. The number of aromatic nitrogens is 4. The minimum absolute atomic E-state index is 0.148. The Hall–Kier alpha value is -4.27. The van der Waals surface area contributed by atoms with Gasteiger partial charge in [0, 0.05) is 24.5 Å². The van der Waals surface area contributed by atoms with Crippen molar-refractivity contribution in [3.8, 4) is 17.1 Å². The van der Waals surface area contributed by atoms with Gasteiger partial charge in [0.1, 0.15) is 17.7 Å². The molecule has 1 amide bonds. The SMILES string of the molecule is CCc1cccc(NC(=O)Cn2c(=O)c3cnc(-c4ccc(OC)cc4)nc3n(C)c2=O)c1. The van der Waals surface area contributed by atoms with Gasteiger partial charge >= 0.3 is 5.69 Å². The molecule has 2 aromatic heterocycles. The number of amides is 1. The monoisotopic (exact) mass is 445 g/mol. The molecular formula is C24H23N5O4. The van der Waals surface area contributed by atoms with Crippen LogP contribution in [0.25, 0.3) is 22.4 Å². The summed E-state index contributed by atoms with van der Waals surface area (Å²) >= 11 is 0. The standard InChI is InChI=1S/C24H23N5O4/c1-4-15-6-5-7-17(12-15)26-20(30)14-29-23(31)19-13-25-21(27-22(19)28(2)24(29)32)16-8-10-18(33-3)11-9-16/h5-13H,4,14H2,1-3H3,(H,26,30). The van der Waals surface area contributed by atoms with E-state index in [-0.39, 0.29) is 11.0 Å². The van der Waals surface area contributed by atoms with Crippen LogP contribution in [-0.2, 0) is 24.8 Å². The van der Waals surface area contributed by atoms with Gasteiger partial charge in [0.05, 0.1) is 7.11 Å². The van der Waals surface area contributed by atoms with Crippen LogP contribution < -0.4 is 21.3 Å². The largest absolute Gasteiger partial charge is 0.497 e. The van der Waals surface area contributed by atoms with Crippen LogP contribution in [0.2, 0.25) is 0 Å². The van der Waals surface area contributed by atoms with Crippen LogP contribution in [0.4, 0.5) is 5.69 Å². The van der Waals surface area contributed by atoms with Crippen molar-refractivity contribution < 1.29 is 9.53 Å². The summed E-state index contributed by atoms with van der Waals surface area (Å²) in [6, 6.07) is 14.5. The molecule has 33 heavy (non-hydrogen) atoms. The van der Waals surface area contributed by atoms with Crippen molar-refractivity contribution in [3.05, 3.63) is 81.1 Å². The molecule has 4 aromatic rings. The maximum absolute atomic E-state index is 13.0. The number of ether oxygens (including phenoxy) is 1. The summed E-state index contributed by atoms with van der Waals surface area (Å²) in [7, 11) is 3.08. The van der Waals surface area contributed by atoms with E-state index in [1.165, 1.54) is 17.8 Å². The van der Waals surface area contributed by atoms with Gasteiger partial charge in [-0.25, -0.2) is 14.8 Å². The molecule has 0 aliphatic carbocycles. The smallest absolute Gasteiger partial charge is 0.332 e. The lowest BCUT2D eigenvalue weighted by Gasteiger charge is -2.11. The minimum Gasteiger partial charge on any atom is -0.497 e. The molecule has 0 fully saturated rings. The van der Waals surface area contributed by atoms with Crippen LogP contribution >= 0.6 is 0 Å². The summed E-state index contributed by atoms with van der Waals surface area (Å²) in [5.74, 6) is 0.581. The first-order valence-corrected chi connectivity index (χ1v) is 10.4. The van der Waals surface area contributed by atoms with Crippen LogP contribution in [0.15, 0.2) is 64.3 Å². The van der Waals surface area contributed by atoms with Crippen molar-refractivity contribution in [1.82, 2.24) is 19.1 Å². The maximum atomic E-state index is 13.0. The lowest BCUT2D eigenvalue weighted by atomic mass is 10.1. The van der Waals surface area contributed by atoms with Crippen molar-refractivity contribution in [2.45, 2.75) is 19.9 Å². The van der Waals surface area contributed by atoms with Gasteiger partial charge in [-0.3, -0.25) is 18.7 Å². The lowest BCUT2D eigenvalue weighted by molar-refractivity contribution is -0.116. The van der Waals surface area contributed by atoms with E-state index in [1.807, 2.05) is 25.1 Å². The van der Waals surface area contributed by atoms with Crippen LogP contribution in [0.3, 0.4) is 0 Å². The molecule has 9 nitrogen and oxygen atoms in total. The summed E-state index contributed by atoms with van der Waals surface area (Å²) in [4.78, 5) is 47.2. The molecule has 0 saturated heterocycles. The van der Waals surface area contributed by atoms with Crippen LogP contribution in [-0.4, -0.2) is 32.1 Å². The number of rotatable bonds is 6. The zero-order valence-corrected chi connectivity index (χ0v) is 18.5. The normalized spacial score (nSPS) is 10.9. The molecule has 0 spiro atoms. The quantitative estimate of drug-likeness (QED) is 0.488. The summed E-state index contributed by atoms with van der Waals surface area (Å²) in [6.45, 7) is 1.60. The number of carbonyl (C=O) groups excluding carboxylic acids is 1. The molecule has 9 heteroatoms.